The van der Waals surface area contributed by atoms with E-state index in [2.05, 4.69) is 10.6 Å². The first-order chi connectivity index (χ1) is 14.1. The zero-order valence-electron chi connectivity index (χ0n) is 19.7. The number of carbonyl (C=O) groups is 3. The number of hydrogen-bond acceptors (Lipinski definition) is 4. The first kappa shape index (κ1) is 28.2. The third kappa shape index (κ3) is 16.1. The van der Waals surface area contributed by atoms with Crippen molar-refractivity contribution in [3.63, 3.8) is 0 Å². The smallest absolute Gasteiger partial charge is 0.408 e. The Hall–Kier alpha value is -1.79. The lowest BCUT2D eigenvalue weighted by Crippen LogP contribution is -2.51. The Morgan fingerprint density at radius 1 is 0.900 bits per heavy atom. The van der Waals surface area contributed by atoms with Crippen molar-refractivity contribution in [3.8, 4) is 0 Å². The van der Waals surface area contributed by atoms with Crippen LogP contribution in [0.3, 0.4) is 0 Å². The van der Waals surface area contributed by atoms with Gasteiger partial charge in [0.2, 0.25) is 5.91 Å². The van der Waals surface area contributed by atoms with Crippen molar-refractivity contribution in [2.45, 2.75) is 117 Å². The van der Waals surface area contributed by atoms with Gasteiger partial charge >= 0.3 is 12.1 Å². The van der Waals surface area contributed by atoms with Crippen molar-refractivity contribution in [1.29, 1.82) is 0 Å². The monoisotopic (exact) mass is 428 g/mol. The quantitative estimate of drug-likeness (QED) is 0.299. The minimum atomic E-state index is -0.710. The van der Waals surface area contributed by atoms with Gasteiger partial charge in [-0.3, -0.25) is 9.59 Å². The van der Waals surface area contributed by atoms with Crippen molar-refractivity contribution in [3.05, 3.63) is 0 Å². The predicted octanol–water partition coefficient (Wildman–Crippen LogP) is 5.03. The number of aliphatic carboxylic acids is 1. The number of rotatable bonds is 16. The molecule has 0 aliphatic heterocycles. The molecule has 0 spiro atoms. The zero-order valence-corrected chi connectivity index (χ0v) is 19.7. The lowest BCUT2D eigenvalue weighted by Gasteiger charge is -2.26. The Morgan fingerprint density at radius 3 is 1.87 bits per heavy atom. The van der Waals surface area contributed by atoms with E-state index in [1.54, 1.807) is 20.8 Å². The highest BCUT2D eigenvalue weighted by molar-refractivity contribution is 5.85. The molecule has 0 saturated heterocycles. The lowest BCUT2D eigenvalue weighted by molar-refractivity contribution is -0.137. The number of carbonyl (C=O) groups excluding carboxylic acids is 2. The van der Waals surface area contributed by atoms with Crippen LogP contribution in [-0.2, 0) is 14.3 Å². The molecule has 0 aromatic heterocycles. The van der Waals surface area contributed by atoms with E-state index in [0.29, 0.717) is 6.54 Å². The molecule has 30 heavy (non-hydrogen) atoms. The fourth-order valence-electron chi connectivity index (χ4n) is 3.10. The number of amides is 2. The molecule has 0 aromatic rings. The number of alkyl carbamates (subject to hydrolysis) is 1. The van der Waals surface area contributed by atoms with Crippen LogP contribution in [0.15, 0.2) is 0 Å². The first-order valence-corrected chi connectivity index (χ1v) is 11.6. The van der Waals surface area contributed by atoms with Crippen LogP contribution in [0, 0.1) is 5.92 Å². The van der Waals surface area contributed by atoms with Crippen molar-refractivity contribution in [1.82, 2.24) is 10.6 Å². The van der Waals surface area contributed by atoms with E-state index in [4.69, 9.17) is 9.84 Å². The van der Waals surface area contributed by atoms with Crippen molar-refractivity contribution in [2.75, 3.05) is 6.54 Å². The topological polar surface area (TPSA) is 105 Å². The van der Waals surface area contributed by atoms with Gasteiger partial charge in [-0.1, -0.05) is 65.2 Å². The second kappa shape index (κ2) is 16.0. The molecule has 176 valence electrons. The normalized spacial score (nSPS) is 13.4. The fourth-order valence-corrected chi connectivity index (χ4v) is 3.10. The van der Waals surface area contributed by atoms with E-state index in [9.17, 15) is 14.4 Å². The number of carboxylic acid groups (broad SMARTS) is 1. The largest absolute Gasteiger partial charge is 0.481 e. The molecular weight excluding hydrogens is 384 g/mol. The summed E-state index contributed by atoms with van der Waals surface area (Å²) >= 11 is 0. The highest BCUT2D eigenvalue weighted by Gasteiger charge is 2.27. The minimum absolute atomic E-state index is 0.0213. The van der Waals surface area contributed by atoms with Crippen LogP contribution in [0.1, 0.15) is 105 Å². The number of unbranched alkanes of at least 4 members (excludes halogenated alkanes) is 8. The van der Waals surface area contributed by atoms with Gasteiger partial charge in [0.05, 0.1) is 0 Å². The summed E-state index contributed by atoms with van der Waals surface area (Å²) in [5, 5.41) is 14.2. The van der Waals surface area contributed by atoms with E-state index in [1.165, 1.54) is 12.8 Å². The maximum Gasteiger partial charge on any atom is 0.408 e. The van der Waals surface area contributed by atoms with Gasteiger partial charge in [0, 0.05) is 13.0 Å². The summed E-state index contributed by atoms with van der Waals surface area (Å²) in [4.78, 5) is 35.0. The summed E-state index contributed by atoms with van der Waals surface area (Å²) in [6, 6.07) is -0.592. The molecule has 0 saturated carbocycles. The molecule has 0 rings (SSSR count). The van der Waals surface area contributed by atoms with E-state index in [-0.39, 0.29) is 18.2 Å². The Kier molecular flexibility index (Phi) is 15.0. The fraction of sp³-hybridized carbons (Fsp3) is 0.870. The molecule has 0 bridgehead atoms. The van der Waals surface area contributed by atoms with E-state index >= 15 is 0 Å². The summed E-state index contributed by atoms with van der Waals surface area (Å²) in [6.45, 7) is 9.94. The molecule has 7 nitrogen and oxygen atoms in total. The molecule has 0 unspecified atom stereocenters. The minimum Gasteiger partial charge on any atom is -0.481 e. The van der Waals surface area contributed by atoms with Gasteiger partial charge in [-0.05, 0) is 39.5 Å². The van der Waals surface area contributed by atoms with E-state index in [1.807, 2.05) is 13.8 Å². The molecule has 0 aromatic carbocycles. The van der Waals surface area contributed by atoms with Crippen LogP contribution in [0.25, 0.3) is 0 Å². The summed E-state index contributed by atoms with van der Waals surface area (Å²) in [5.41, 5.74) is -0.598. The van der Waals surface area contributed by atoms with Crippen LogP contribution < -0.4 is 10.6 Å². The molecule has 0 aliphatic carbocycles. The van der Waals surface area contributed by atoms with Gasteiger partial charge in [0.15, 0.2) is 0 Å². The number of ether oxygens (including phenoxy) is 1. The molecular formula is C23H44N2O5. The van der Waals surface area contributed by atoms with Gasteiger partial charge in [0.1, 0.15) is 11.6 Å². The second-order valence-corrected chi connectivity index (χ2v) is 9.13. The van der Waals surface area contributed by atoms with Gasteiger partial charge in [-0.15, -0.1) is 0 Å². The molecule has 0 fully saturated rings. The van der Waals surface area contributed by atoms with Crippen LogP contribution in [0.5, 0.6) is 0 Å². The molecule has 2 amide bonds. The highest BCUT2D eigenvalue weighted by atomic mass is 16.6. The zero-order chi connectivity index (χ0) is 23.0. The average molecular weight is 429 g/mol. The van der Waals surface area contributed by atoms with E-state index < -0.39 is 23.7 Å². The van der Waals surface area contributed by atoms with Crippen LogP contribution in [-0.4, -0.2) is 41.3 Å². The standard InChI is InChI=1S/C23H44N2O5/c1-6-18(2)20(25-22(29)30-23(3,4)5)21(28)24-17-15-13-11-9-7-8-10-12-14-16-19(26)27/h18,20H,6-17H2,1-5H3,(H,24,28)(H,25,29)(H,26,27)/t18-,20-/m0/s1. The molecule has 0 aliphatic rings. The SMILES string of the molecule is CC[C@H](C)[C@H](NC(=O)OC(C)(C)C)C(=O)NCCCCCCCCCCCC(=O)O. The number of carboxylic acids is 1. The van der Waals surface area contributed by atoms with Gasteiger partial charge in [0.25, 0.3) is 0 Å². The molecule has 3 N–H and O–H groups in total. The molecule has 0 heterocycles. The van der Waals surface area contributed by atoms with Gasteiger partial charge < -0.3 is 20.5 Å². The maximum atomic E-state index is 12.5. The summed E-state index contributed by atoms with van der Waals surface area (Å²) in [5.74, 6) is -0.845. The number of hydrogen-bond donors (Lipinski definition) is 3. The van der Waals surface area contributed by atoms with Gasteiger partial charge in [-0.2, -0.15) is 0 Å². The van der Waals surface area contributed by atoms with Crippen molar-refractivity contribution < 1.29 is 24.2 Å². The van der Waals surface area contributed by atoms with Crippen LogP contribution in [0.2, 0.25) is 0 Å². The Bertz CT molecular complexity index is 502. The first-order valence-electron chi connectivity index (χ1n) is 11.6. The third-order valence-corrected chi connectivity index (χ3v) is 5.03. The molecule has 0 radical (unpaired) electrons. The lowest BCUT2D eigenvalue weighted by atomic mass is 9.98. The average Bonchev–Trinajstić information content (AvgIpc) is 2.64. The summed E-state index contributed by atoms with van der Waals surface area (Å²) in [7, 11) is 0. The maximum absolute atomic E-state index is 12.5. The van der Waals surface area contributed by atoms with Crippen molar-refractivity contribution >= 4 is 18.0 Å². The predicted molar refractivity (Wildman–Crippen MR) is 119 cm³/mol. The Morgan fingerprint density at radius 2 is 1.40 bits per heavy atom. The van der Waals surface area contributed by atoms with Crippen LogP contribution >= 0.6 is 0 Å². The summed E-state index contributed by atoms with van der Waals surface area (Å²) in [6.07, 6.45) is 9.98. The molecule has 7 heteroatoms. The third-order valence-electron chi connectivity index (χ3n) is 5.03. The Balaban J connectivity index is 3.94. The highest BCUT2D eigenvalue weighted by Crippen LogP contribution is 2.12. The Labute approximate surface area is 182 Å². The van der Waals surface area contributed by atoms with E-state index in [0.717, 1.165) is 51.4 Å². The number of nitrogens with one attached hydrogen (secondary N) is 2. The van der Waals surface area contributed by atoms with Crippen molar-refractivity contribution in [2.24, 2.45) is 5.92 Å². The van der Waals surface area contributed by atoms with Crippen LogP contribution in [0.4, 0.5) is 4.79 Å². The second-order valence-electron chi connectivity index (χ2n) is 9.13. The summed E-state index contributed by atoms with van der Waals surface area (Å²) < 4.78 is 5.28. The molecule has 2 atom stereocenters. The van der Waals surface area contributed by atoms with Gasteiger partial charge in [-0.25, -0.2) is 4.79 Å².